The second-order valence-corrected chi connectivity index (χ2v) is 5.76. The number of carbonyl (C=O) groups excluding carboxylic acids is 2. The molecule has 0 aromatic heterocycles. The average molecular weight is 369 g/mol. The fraction of sp³-hybridized carbons (Fsp3) is 0.211. The van der Waals surface area contributed by atoms with E-state index >= 15 is 0 Å². The number of hydrogen-bond acceptors (Lipinski definition) is 6. The molecule has 1 unspecified atom stereocenters. The molecule has 3 rings (SSSR count). The quantitative estimate of drug-likeness (QED) is 0.461. The van der Waals surface area contributed by atoms with E-state index in [1.165, 1.54) is 14.2 Å². The molecule has 27 heavy (non-hydrogen) atoms. The predicted octanol–water partition coefficient (Wildman–Crippen LogP) is 2.38. The molecule has 8 nitrogen and oxygen atoms in total. The van der Waals surface area contributed by atoms with Gasteiger partial charge in [-0.25, -0.2) is 15.0 Å². The Morgan fingerprint density at radius 2 is 1.93 bits per heavy atom. The van der Waals surface area contributed by atoms with Gasteiger partial charge in [-0.3, -0.25) is 0 Å². The number of cyclic esters (lactones) is 1. The van der Waals surface area contributed by atoms with E-state index in [-0.39, 0.29) is 6.42 Å². The van der Waals surface area contributed by atoms with Crippen LogP contribution in [0.2, 0.25) is 0 Å². The van der Waals surface area contributed by atoms with Crippen LogP contribution in [0.3, 0.4) is 0 Å². The number of benzene rings is 2. The molecule has 2 amide bonds. The minimum atomic E-state index is -0.779. The fourth-order valence-corrected chi connectivity index (χ4v) is 2.98. The van der Waals surface area contributed by atoms with E-state index in [2.05, 4.69) is 10.5 Å². The Labute approximate surface area is 155 Å². The topological polar surface area (TPSA) is 112 Å². The first kappa shape index (κ1) is 18.2. The molecule has 0 radical (unpaired) electrons. The van der Waals surface area contributed by atoms with Crippen LogP contribution in [0, 0.1) is 0 Å². The maximum atomic E-state index is 12.4. The van der Waals surface area contributed by atoms with Crippen molar-refractivity contribution in [2.75, 3.05) is 14.2 Å². The molecular weight excluding hydrogens is 350 g/mol. The van der Waals surface area contributed by atoms with Gasteiger partial charge in [-0.15, -0.1) is 0 Å². The van der Waals surface area contributed by atoms with E-state index in [0.29, 0.717) is 28.3 Å². The van der Waals surface area contributed by atoms with E-state index in [1.54, 1.807) is 12.1 Å². The third kappa shape index (κ3) is 3.69. The summed E-state index contributed by atoms with van der Waals surface area (Å²) >= 11 is 0. The molecule has 0 fully saturated rings. The van der Waals surface area contributed by atoms with Crippen molar-refractivity contribution in [1.82, 2.24) is 5.43 Å². The van der Waals surface area contributed by atoms with Crippen LogP contribution in [0.15, 0.2) is 47.6 Å². The van der Waals surface area contributed by atoms with Crippen LogP contribution in [0.5, 0.6) is 11.5 Å². The standard InChI is InChI=1S/C19H19N3O5/c1-25-14-9-8-12-15(27-18(23)16(12)17(14)26-2)10-13(21-22-19(20)24)11-6-4-3-5-7-11/h3-9,15H,10H2,1-2H3,(H3,20,22,24). The van der Waals surface area contributed by atoms with E-state index in [9.17, 15) is 9.59 Å². The molecule has 140 valence electrons. The van der Waals surface area contributed by atoms with E-state index in [4.69, 9.17) is 19.9 Å². The number of fused-ring (bicyclic) bond motifs is 1. The van der Waals surface area contributed by atoms with Crippen LogP contribution in [-0.4, -0.2) is 31.9 Å². The van der Waals surface area contributed by atoms with E-state index in [0.717, 1.165) is 5.56 Å². The minimum Gasteiger partial charge on any atom is -0.493 e. The number of hydrogen-bond donors (Lipinski definition) is 2. The van der Waals surface area contributed by atoms with Crippen molar-refractivity contribution in [3.8, 4) is 11.5 Å². The van der Waals surface area contributed by atoms with Gasteiger partial charge in [0, 0.05) is 12.0 Å². The molecule has 2 aromatic rings. The van der Waals surface area contributed by atoms with Crippen LogP contribution < -0.4 is 20.6 Å². The summed E-state index contributed by atoms with van der Waals surface area (Å²) < 4.78 is 16.1. The maximum Gasteiger partial charge on any atom is 0.343 e. The summed E-state index contributed by atoms with van der Waals surface area (Å²) in [6, 6.07) is 11.9. The maximum absolute atomic E-state index is 12.4. The number of ether oxygens (including phenoxy) is 3. The van der Waals surface area contributed by atoms with Gasteiger partial charge in [-0.2, -0.15) is 5.10 Å². The number of urea groups is 1. The number of esters is 1. The number of carbonyl (C=O) groups is 2. The van der Waals surface area contributed by atoms with Gasteiger partial charge in [0.15, 0.2) is 11.5 Å². The zero-order valence-electron chi connectivity index (χ0n) is 14.9. The Balaban J connectivity index is 1.97. The van der Waals surface area contributed by atoms with Crippen molar-refractivity contribution in [2.45, 2.75) is 12.5 Å². The monoisotopic (exact) mass is 369 g/mol. The zero-order valence-corrected chi connectivity index (χ0v) is 14.9. The van der Waals surface area contributed by atoms with Gasteiger partial charge in [-0.1, -0.05) is 36.4 Å². The summed E-state index contributed by atoms with van der Waals surface area (Å²) in [6.07, 6.45) is -0.334. The van der Waals surface area contributed by atoms with Crippen molar-refractivity contribution in [2.24, 2.45) is 10.8 Å². The van der Waals surface area contributed by atoms with Crippen molar-refractivity contribution in [3.63, 3.8) is 0 Å². The molecule has 1 aliphatic rings. The normalized spacial score (nSPS) is 15.7. The molecule has 0 bridgehead atoms. The lowest BCUT2D eigenvalue weighted by Gasteiger charge is -2.14. The average Bonchev–Trinajstić information content (AvgIpc) is 3.00. The number of primary amides is 1. The SMILES string of the molecule is COc1ccc2c(c1OC)C(=O)OC2CC(=NNC(N)=O)c1ccccc1. The second kappa shape index (κ2) is 7.77. The van der Waals surface area contributed by atoms with Crippen LogP contribution in [-0.2, 0) is 4.74 Å². The molecule has 1 heterocycles. The van der Waals surface area contributed by atoms with Gasteiger partial charge >= 0.3 is 12.0 Å². The summed E-state index contributed by atoms with van der Waals surface area (Å²) in [5.74, 6) is 0.276. The Morgan fingerprint density at radius 1 is 1.19 bits per heavy atom. The Bertz CT molecular complexity index is 896. The molecule has 0 aliphatic carbocycles. The molecule has 0 spiro atoms. The molecule has 1 atom stereocenters. The number of amides is 2. The predicted molar refractivity (Wildman–Crippen MR) is 98.0 cm³/mol. The molecule has 8 heteroatoms. The van der Waals surface area contributed by atoms with Crippen molar-refractivity contribution in [1.29, 1.82) is 0 Å². The summed E-state index contributed by atoms with van der Waals surface area (Å²) in [6.45, 7) is 0. The summed E-state index contributed by atoms with van der Waals surface area (Å²) in [5, 5.41) is 4.08. The first-order chi connectivity index (χ1) is 13.0. The fourth-order valence-electron chi connectivity index (χ4n) is 2.98. The number of nitrogens with one attached hydrogen (secondary N) is 1. The van der Waals surface area contributed by atoms with Gasteiger partial charge in [0.25, 0.3) is 0 Å². The lowest BCUT2D eigenvalue weighted by Crippen LogP contribution is -2.26. The van der Waals surface area contributed by atoms with E-state index in [1.807, 2.05) is 30.3 Å². The number of nitrogens with zero attached hydrogens (tertiary/aromatic N) is 1. The highest BCUT2D eigenvalue weighted by molar-refractivity contribution is 6.03. The Morgan fingerprint density at radius 3 is 2.56 bits per heavy atom. The highest BCUT2D eigenvalue weighted by Gasteiger charge is 2.36. The number of rotatable bonds is 6. The van der Waals surface area contributed by atoms with E-state index < -0.39 is 18.1 Å². The summed E-state index contributed by atoms with van der Waals surface area (Å²) in [5.41, 5.74) is 9.65. The van der Waals surface area contributed by atoms with Crippen LogP contribution >= 0.6 is 0 Å². The Kier molecular flexibility index (Phi) is 5.25. The molecule has 0 saturated heterocycles. The molecule has 0 saturated carbocycles. The van der Waals surface area contributed by atoms with Crippen molar-refractivity contribution < 1.29 is 23.8 Å². The largest absolute Gasteiger partial charge is 0.493 e. The summed E-state index contributed by atoms with van der Waals surface area (Å²) in [7, 11) is 2.96. The lowest BCUT2D eigenvalue weighted by atomic mass is 9.97. The smallest absolute Gasteiger partial charge is 0.343 e. The zero-order chi connectivity index (χ0) is 19.4. The lowest BCUT2D eigenvalue weighted by molar-refractivity contribution is 0.0398. The third-order valence-corrected chi connectivity index (χ3v) is 4.16. The molecule has 1 aliphatic heterocycles. The van der Waals surface area contributed by atoms with Gasteiger partial charge in [0.2, 0.25) is 0 Å². The minimum absolute atomic E-state index is 0.249. The number of nitrogens with two attached hydrogens (primary N) is 1. The van der Waals surface area contributed by atoms with Gasteiger partial charge in [-0.05, 0) is 11.6 Å². The highest BCUT2D eigenvalue weighted by Crippen LogP contribution is 2.43. The molecular formula is C19H19N3O5. The van der Waals surface area contributed by atoms with Gasteiger partial charge in [0.1, 0.15) is 11.7 Å². The first-order valence-corrected chi connectivity index (χ1v) is 8.18. The van der Waals surface area contributed by atoms with Crippen LogP contribution in [0.25, 0.3) is 0 Å². The van der Waals surface area contributed by atoms with Gasteiger partial charge in [0.05, 0.1) is 19.9 Å². The van der Waals surface area contributed by atoms with Crippen LogP contribution in [0.1, 0.15) is 34.0 Å². The van der Waals surface area contributed by atoms with Crippen molar-refractivity contribution >= 4 is 17.7 Å². The van der Waals surface area contributed by atoms with Crippen LogP contribution in [0.4, 0.5) is 4.79 Å². The number of methoxy groups -OCH3 is 2. The second-order valence-electron chi connectivity index (χ2n) is 5.76. The molecule has 3 N–H and O–H groups in total. The highest BCUT2D eigenvalue weighted by atomic mass is 16.6. The summed E-state index contributed by atoms with van der Waals surface area (Å²) in [4.78, 5) is 23.5. The Hall–Kier alpha value is -3.55. The first-order valence-electron chi connectivity index (χ1n) is 8.18. The van der Waals surface area contributed by atoms with Gasteiger partial charge < -0.3 is 19.9 Å². The number of hydrazone groups is 1. The molecule has 2 aromatic carbocycles. The van der Waals surface area contributed by atoms with Crippen molar-refractivity contribution in [3.05, 3.63) is 59.2 Å². The third-order valence-electron chi connectivity index (χ3n) is 4.16.